The first kappa shape index (κ1) is 13.0. The maximum Gasteiger partial charge on any atom is 0.307 e. The van der Waals surface area contributed by atoms with E-state index >= 15 is 0 Å². The van der Waals surface area contributed by atoms with Gasteiger partial charge in [0.15, 0.2) is 0 Å². The van der Waals surface area contributed by atoms with Gasteiger partial charge in [0.1, 0.15) is 11.6 Å². The fraction of sp³-hybridized carbons (Fsp3) is 0.462. The molecule has 5 heteroatoms. The van der Waals surface area contributed by atoms with Gasteiger partial charge in [-0.05, 0) is 37.6 Å². The second-order valence-corrected chi connectivity index (χ2v) is 4.65. The molecule has 98 valence electrons. The quantitative estimate of drug-likeness (QED) is 0.900. The number of carboxylic acid groups (broad SMARTS) is 1. The van der Waals surface area contributed by atoms with Crippen molar-refractivity contribution in [1.82, 2.24) is 4.90 Å². The molecule has 0 saturated carbocycles. The lowest BCUT2D eigenvalue weighted by atomic mass is 9.98. The Balaban J connectivity index is 2.04. The molecular formula is C13H15F2NO2. The maximum absolute atomic E-state index is 13.5. The van der Waals surface area contributed by atoms with E-state index in [1.807, 2.05) is 4.90 Å². The van der Waals surface area contributed by atoms with Crippen molar-refractivity contribution in [3.63, 3.8) is 0 Å². The third-order valence-corrected chi connectivity index (χ3v) is 3.26. The first-order chi connectivity index (χ1) is 8.56. The monoisotopic (exact) mass is 255 g/mol. The van der Waals surface area contributed by atoms with E-state index in [4.69, 9.17) is 5.11 Å². The molecule has 0 bridgehead atoms. The summed E-state index contributed by atoms with van der Waals surface area (Å²) in [6, 6.07) is 3.35. The molecule has 1 aliphatic heterocycles. The van der Waals surface area contributed by atoms with Crippen molar-refractivity contribution in [2.45, 2.75) is 19.4 Å². The topological polar surface area (TPSA) is 40.5 Å². The minimum absolute atomic E-state index is 0.257. The fourth-order valence-corrected chi connectivity index (χ4v) is 2.31. The highest BCUT2D eigenvalue weighted by molar-refractivity contribution is 5.70. The number of nitrogens with zero attached hydrogens (tertiary/aromatic N) is 1. The minimum atomic E-state index is -0.820. The van der Waals surface area contributed by atoms with E-state index in [2.05, 4.69) is 0 Å². The summed E-state index contributed by atoms with van der Waals surface area (Å²) in [6.45, 7) is 1.37. The molecule has 2 rings (SSSR count). The summed E-state index contributed by atoms with van der Waals surface area (Å²) in [5.74, 6) is -2.15. The van der Waals surface area contributed by atoms with Gasteiger partial charge in [0.2, 0.25) is 0 Å². The van der Waals surface area contributed by atoms with Gasteiger partial charge >= 0.3 is 5.97 Å². The Morgan fingerprint density at radius 2 is 2.22 bits per heavy atom. The van der Waals surface area contributed by atoms with Crippen LogP contribution in [0.1, 0.15) is 18.4 Å². The number of rotatable bonds is 3. The van der Waals surface area contributed by atoms with E-state index < -0.39 is 23.5 Å². The number of hydrogen-bond donors (Lipinski definition) is 1. The Morgan fingerprint density at radius 1 is 1.44 bits per heavy atom. The lowest BCUT2D eigenvalue weighted by Crippen LogP contribution is -2.38. The van der Waals surface area contributed by atoms with Crippen LogP contribution in [0, 0.1) is 17.6 Å². The number of halogens is 2. The molecule has 3 nitrogen and oxygen atoms in total. The highest BCUT2D eigenvalue weighted by Crippen LogP contribution is 2.20. The second-order valence-electron chi connectivity index (χ2n) is 4.65. The molecule has 1 N–H and O–H groups in total. The standard InChI is InChI=1S/C13H15F2NO2/c14-11-3-4-12(15)10(6-11)8-16-5-1-2-9(7-16)13(17)18/h3-4,6,9H,1-2,5,7-8H2,(H,17,18)/t9-/m0/s1. The van der Waals surface area contributed by atoms with Crippen LogP contribution < -0.4 is 0 Å². The van der Waals surface area contributed by atoms with Gasteiger partial charge in [0, 0.05) is 18.7 Å². The first-order valence-corrected chi connectivity index (χ1v) is 5.95. The molecule has 1 heterocycles. The average molecular weight is 255 g/mol. The van der Waals surface area contributed by atoms with Gasteiger partial charge in [-0.2, -0.15) is 0 Å². The summed E-state index contributed by atoms with van der Waals surface area (Å²) < 4.78 is 26.5. The number of aliphatic carboxylic acids is 1. The van der Waals surface area contributed by atoms with Crippen LogP contribution in [0.3, 0.4) is 0 Å². The van der Waals surface area contributed by atoms with Crippen LogP contribution in [0.2, 0.25) is 0 Å². The van der Waals surface area contributed by atoms with E-state index in [0.29, 0.717) is 13.0 Å². The van der Waals surface area contributed by atoms with Gasteiger partial charge in [-0.1, -0.05) is 0 Å². The summed E-state index contributed by atoms with van der Waals surface area (Å²) in [4.78, 5) is 12.8. The van der Waals surface area contributed by atoms with Crippen molar-refractivity contribution in [1.29, 1.82) is 0 Å². The van der Waals surface area contributed by atoms with Crippen LogP contribution in [0.25, 0.3) is 0 Å². The molecule has 1 aliphatic rings. The molecule has 0 aromatic heterocycles. The smallest absolute Gasteiger partial charge is 0.307 e. The predicted molar refractivity (Wildman–Crippen MR) is 62.0 cm³/mol. The zero-order valence-electron chi connectivity index (χ0n) is 9.90. The van der Waals surface area contributed by atoms with Crippen LogP contribution in [-0.2, 0) is 11.3 Å². The molecule has 0 aliphatic carbocycles. The van der Waals surface area contributed by atoms with Crippen LogP contribution in [-0.4, -0.2) is 29.1 Å². The molecule has 0 spiro atoms. The zero-order valence-corrected chi connectivity index (χ0v) is 9.90. The minimum Gasteiger partial charge on any atom is -0.481 e. The molecule has 18 heavy (non-hydrogen) atoms. The van der Waals surface area contributed by atoms with Crippen LogP contribution in [0.4, 0.5) is 8.78 Å². The average Bonchev–Trinajstić information content (AvgIpc) is 2.34. The highest BCUT2D eigenvalue weighted by atomic mass is 19.1. The molecular weight excluding hydrogens is 240 g/mol. The van der Waals surface area contributed by atoms with E-state index in [-0.39, 0.29) is 12.1 Å². The SMILES string of the molecule is O=C(O)[C@H]1CCCN(Cc2cc(F)ccc2F)C1. The van der Waals surface area contributed by atoms with Crippen molar-refractivity contribution in [2.24, 2.45) is 5.92 Å². The predicted octanol–water partition coefficient (Wildman–Crippen LogP) is 2.26. The molecule has 1 aromatic rings. The highest BCUT2D eigenvalue weighted by Gasteiger charge is 2.25. The summed E-state index contributed by atoms with van der Waals surface area (Å²) >= 11 is 0. The summed E-state index contributed by atoms with van der Waals surface area (Å²) in [5.41, 5.74) is 0.279. The Kier molecular flexibility index (Phi) is 3.91. The van der Waals surface area contributed by atoms with Gasteiger partial charge in [0.25, 0.3) is 0 Å². The number of benzene rings is 1. The van der Waals surface area contributed by atoms with Gasteiger partial charge < -0.3 is 5.11 Å². The maximum atomic E-state index is 13.5. The Labute approximate surface area is 104 Å². The molecule has 0 radical (unpaired) electrons. The number of carboxylic acids is 1. The summed E-state index contributed by atoms with van der Waals surface area (Å²) in [6.07, 6.45) is 1.42. The van der Waals surface area contributed by atoms with Crippen molar-refractivity contribution in [2.75, 3.05) is 13.1 Å². The normalized spacial score (nSPS) is 20.9. The van der Waals surface area contributed by atoms with Crippen molar-refractivity contribution in [3.05, 3.63) is 35.4 Å². The van der Waals surface area contributed by atoms with Crippen molar-refractivity contribution >= 4 is 5.97 Å². The van der Waals surface area contributed by atoms with E-state index in [0.717, 1.165) is 25.1 Å². The fourth-order valence-electron chi connectivity index (χ4n) is 2.31. The summed E-state index contributed by atoms with van der Waals surface area (Å²) in [5, 5.41) is 8.96. The molecule has 1 atom stereocenters. The number of piperidine rings is 1. The van der Waals surface area contributed by atoms with Gasteiger partial charge in [0.05, 0.1) is 5.92 Å². The van der Waals surface area contributed by atoms with Crippen LogP contribution >= 0.6 is 0 Å². The van der Waals surface area contributed by atoms with E-state index in [1.54, 1.807) is 0 Å². The van der Waals surface area contributed by atoms with E-state index in [1.165, 1.54) is 6.07 Å². The zero-order chi connectivity index (χ0) is 13.1. The summed E-state index contributed by atoms with van der Waals surface area (Å²) in [7, 11) is 0. The lowest BCUT2D eigenvalue weighted by molar-refractivity contribution is -0.143. The van der Waals surface area contributed by atoms with E-state index in [9.17, 15) is 13.6 Å². The number of likely N-dealkylation sites (tertiary alicyclic amines) is 1. The third kappa shape index (κ3) is 3.04. The Hall–Kier alpha value is -1.49. The Morgan fingerprint density at radius 3 is 2.94 bits per heavy atom. The second kappa shape index (κ2) is 5.44. The van der Waals surface area contributed by atoms with Crippen molar-refractivity contribution in [3.8, 4) is 0 Å². The van der Waals surface area contributed by atoms with Gasteiger partial charge in [-0.15, -0.1) is 0 Å². The lowest BCUT2D eigenvalue weighted by Gasteiger charge is -2.30. The molecule has 1 aromatic carbocycles. The van der Waals surface area contributed by atoms with Crippen LogP contribution in [0.15, 0.2) is 18.2 Å². The largest absolute Gasteiger partial charge is 0.481 e. The first-order valence-electron chi connectivity index (χ1n) is 5.95. The van der Waals surface area contributed by atoms with Gasteiger partial charge in [-0.25, -0.2) is 8.78 Å². The Bertz CT molecular complexity index is 451. The number of carbonyl (C=O) groups is 1. The molecule has 0 unspecified atom stereocenters. The van der Waals surface area contributed by atoms with Gasteiger partial charge in [-0.3, -0.25) is 9.69 Å². The van der Waals surface area contributed by atoms with Crippen molar-refractivity contribution < 1.29 is 18.7 Å². The van der Waals surface area contributed by atoms with Crippen LogP contribution in [0.5, 0.6) is 0 Å². The number of hydrogen-bond acceptors (Lipinski definition) is 2. The molecule has 0 amide bonds. The molecule has 1 saturated heterocycles. The third-order valence-electron chi connectivity index (χ3n) is 3.26. The molecule has 1 fully saturated rings.